The minimum atomic E-state index is -0.266. The number of carbonyl (C=O) groups excluding carboxylic acids is 2. The summed E-state index contributed by atoms with van der Waals surface area (Å²) in [4.78, 5) is 26.9. The van der Waals surface area contributed by atoms with E-state index < -0.39 is 0 Å². The normalized spacial score (nSPS) is 10.4. The van der Waals surface area contributed by atoms with Gasteiger partial charge in [0.05, 0.1) is 0 Å². The highest BCUT2D eigenvalue weighted by Gasteiger charge is 2.17. The summed E-state index contributed by atoms with van der Waals surface area (Å²) < 4.78 is 5.33. The van der Waals surface area contributed by atoms with Crippen LogP contribution in [0, 0.1) is 0 Å². The summed E-state index contributed by atoms with van der Waals surface area (Å²) in [5.41, 5.74) is 2.56. The van der Waals surface area contributed by atoms with Gasteiger partial charge in [-0.25, -0.2) is 0 Å². The fraction of sp³-hybridized carbons (Fsp3) is 0.200. The third-order valence-electron chi connectivity index (χ3n) is 4.65. The molecule has 0 unspecified atom stereocenters. The first-order valence-electron chi connectivity index (χ1n) is 9.90. The van der Waals surface area contributed by atoms with E-state index in [4.69, 9.17) is 16.3 Å². The lowest BCUT2D eigenvalue weighted by Crippen LogP contribution is -2.32. The lowest BCUT2D eigenvalue weighted by atomic mass is 10.1. The van der Waals surface area contributed by atoms with Gasteiger partial charge in [0, 0.05) is 30.1 Å². The molecular formula is C25H24ClNO3. The van der Waals surface area contributed by atoms with Crippen LogP contribution in [0.25, 0.3) is 0 Å². The Morgan fingerprint density at radius 1 is 0.800 bits per heavy atom. The molecule has 0 aliphatic heterocycles. The predicted molar refractivity (Wildman–Crippen MR) is 118 cm³/mol. The van der Waals surface area contributed by atoms with Crippen LogP contribution in [0.5, 0.6) is 0 Å². The van der Waals surface area contributed by atoms with E-state index in [9.17, 15) is 9.59 Å². The van der Waals surface area contributed by atoms with Gasteiger partial charge >= 0.3 is 5.97 Å². The fourth-order valence-corrected chi connectivity index (χ4v) is 3.18. The zero-order valence-corrected chi connectivity index (χ0v) is 17.4. The van der Waals surface area contributed by atoms with Crippen LogP contribution in [0.1, 0.15) is 34.3 Å². The first-order valence-corrected chi connectivity index (χ1v) is 10.3. The topological polar surface area (TPSA) is 46.6 Å². The Kier molecular flexibility index (Phi) is 8.04. The van der Waals surface area contributed by atoms with Gasteiger partial charge in [0.1, 0.15) is 6.61 Å². The van der Waals surface area contributed by atoms with E-state index in [0.29, 0.717) is 30.1 Å². The van der Waals surface area contributed by atoms with E-state index in [1.165, 1.54) is 0 Å². The van der Waals surface area contributed by atoms with Crippen LogP contribution in [0.4, 0.5) is 0 Å². The zero-order chi connectivity index (χ0) is 21.2. The summed E-state index contributed by atoms with van der Waals surface area (Å²) in [6.45, 7) is 1.19. The average molecular weight is 422 g/mol. The molecule has 3 aromatic carbocycles. The van der Waals surface area contributed by atoms with Gasteiger partial charge in [-0.1, -0.05) is 72.3 Å². The van der Waals surface area contributed by atoms with Crippen molar-refractivity contribution in [3.05, 3.63) is 107 Å². The lowest BCUT2D eigenvalue weighted by Gasteiger charge is -2.23. The number of benzene rings is 3. The molecule has 0 radical (unpaired) electrons. The number of ether oxygens (including phenoxy) is 1. The Hall–Kier alpha value is -3.11. The molecule has 4 nitrogen and oxygen atoms in total. The van der Waals surface area contributed by atoms with Gasteiger partial charge in [0.2, 0.25) is 0 Å². The van der Waals surface area contributed by atoms with Crippen molar-refractivity contribution in [1.29, 1.82) is 0 Å². The molecule has 0 atom stereocenters. The maximum Gasteiger partial charge on any atom is 0.306 e. The van der Waals surface area contributed by atoms with E-state index in [1.54, 1.807) is 29.2 Å². The molecule has 0 aliphatic carbocycles. The van der Waals surface area contributed by atoms with Gasteiger partial charge in [0.15, 0.2) is 0 Å². The Bertz CT molecular complexity index is 943. The number of amides is 1. The van der Waals surface area contributed by atoms with Gasteiger partial charge < -0.3 is 9.64 Å². The Morgan fingerprint density at radius 3 is 2.03 bits per heavy atom. The number of halogens is 1. The first-order chi connectivity index (χ1) is 14.6. The molecule has 3 aromatic rings. The van der Waals surface area contributed by atoms with Crippen molar-refractivity contribution >= 4 is 23.5 Å². The molecule has 0 saturated carbocycles. The van der Waals surface area contributed by atoms with E-state index in [1.807, 2.05) is 60.7 Å². The zero-order valence-electron chi connectivity index (χ0n) is 16.7. The molecule has 0 fully saturated rings. The highest BCUT2D eigenvalue weighted by Crippen LogP contribution is 2.15. The molecule has 0 aromatic heterocycles. The molecule has 0 spiro atoms. The number of hydrogen-bond acceptors (Lipinski definition) is 3. The molecular weight excluding hydrogens is 398 g/mol. The van der Waals surface area contributed by atoms with Crippen molar-refractivity contribution in [3.8, 4) is 0 Å². The SMILES string of the molecule is O=C(CCCN(Cc1ccccc1)C(=O)c1ccc(Cl)cc1)OCc1ccccc1. The van der Waals surface area contributed by atoms with E-state index >= 15 is 0 Å². The minimum absolute atomic E-state index is 0.0897. The maximum absolute atomic E-state index is 13.0. The minimum Gasteiger partial charge on any atom is -0.461 e. The highest BCUT2D eigenvalue weighted by atomic mass is 35.5. The van der Waals surface area contributed by atoms with Gasteiger partial charge in [0.25, 0.3) is 5.91 Å². The maximum atomic E-state index is 13.0. The average Bonchev–Trinajstić information content (AvgIpc) is 2.78. The van der Waals surface area contributed by atoms with Crippen LogP contribution in [-0.2, 0) is 22.7 Å². The Morgan fingerprint density at radius 2 is 1.40 bits per heavy atom. The number of nitrogens with zero attached hydrogens (tertiary/aromatic N) is 1. The summed E-state index contributed by atoms with van der Waals surface area (Å²) in [7, 11) is 0. The number of rotatable bonds is 9. The van der Waals surface area contributed by atoms with Crippen LogP contribution < -0.4 is 0 Å². The quantitative estimate of drug-likeness (QED) is 0.428. The molecule has 154 valence electrons. The van der Waals surface area contributed by atoms with Crippen molar-refractivity contribution in [2.24, 2.45) is 0 Å². The molecule has 5 heteroatoms. The number of esters is 1. The summed E-state index contributed by atoms with van der Waals surface area (Å²) in [5, 5.41) is 0.585. The van der Waals surface area contributed by atoms with Crippen LogP contribution in [0.2, 0.25) is 5.02 Å². The van der Waals surface area contributed by atoms with Crippen LogP contribution in [-0.4, -0.2) is 23.3 Å². The van der Waals surface area contributed by atoms with E-state index in [0.717, 1.165) is 11.1 Å². The second-order valence-electron chi connectivity index (χ2n) is 6.97. The van der Waals surface area contributed by atoms with Crippen LogP contribution >= 0.6 is 11.6 Å². The monoisotopic (exact) mass is 421 g/mol. The summed E-state index contributed by atoms with van der Waals surface area (Å²) in [5.74, 6) is -0.356. The van der Waals surface area contributed by atoms with Gasteiger partial charge in [-0.05, 0) is 41.8 Å². The standard InChI is InChI=1S/C25H24ClNO3/c26-23-15-13-22(14-16-23)25(29)27(18-20-8-3-1-4-9-20)17-7-12-24(28)30-19-21-10-5-2-6-11-21/h1-6,8-11,13-16H,7,12,17-19H2. The van der Waals surface area contributed by atoms with Gasteiger partial charge in [-0.2, -0.15) is 0 Å². The summed E-state index contributed by atoms with van der Waals surface area (Å²) >= 11 is 5.94. The smallest absolute Gasteiger partial charge is 0.306 e. The van der Waals surface area contributed by atoms with Crippen molar-refractivity contribution in [3.63, 3.8) is 0 Å². The lowest BCUT2D eigenvalue weighted by molar-refractivity contribution is -0.145. The van der Waals surface area contributed by atoms with E-state index in [2.05, 4.69) is 0 Å². The second-order valence-corrected chi connectivity index (χ2v) is 7.41. The van der Waals surface area contributed by atoms with Crippen LogP contribution in [0.15, 0.2) is 84.9 Å². The molecule has 0 saturated heterocycles. The van der Waals surface area contributed by atoms with Crippen molar-refractivity contribution in [2.45, 2.75) is 26.0 Å². The van der Waals surface area contributed by atoms with Gasteiger partial charge in [-0.15, -0.1) is 0 Å². The van der Waals surface area contributed by atoms with Crippen molar-refractivity contribution in [1.82, 2.24) is 4.90 Å². The number of carbonyl (C=O) groups is 2. The third-order valence-corrected chi connectivity index (χ3v) is 4.90. The van der Waals surface area contributed by atoms with Crippen molar-refractivity contribution in [2.75, 3.05) is 6.54 Å². The highest BCUT2D eigenvalue weighted by molar-refractivity contribution is 6.30. The number of hydrogen-bond donors (Lipinski definition) is 0. The molecule has 0 bridgehead atoms. The van der Waals surface area contributed by atoms with Gasteiger partial charge in [-0.3, -0.25) is 9.59 Å². The molecule has 0 heterocycles. The van der Waals surface area contributed by atoms with Crippen LogP contribution in [0.3, 0.4) is 0 Å². The predicted octanol–water partition coefficient (Wildman–Crippen LogP) is 5.51. The Balaban J connectivity index is 1.57. The third kappa shape index (κ3) is 6.75. The fourth-order valence-electron chi connectivity index (χ4n) is 3.06. The molecule has 30 heavy (non-hydrogen) atoms. The molecule has 3 rings (SSSR count). The summed E-state index contributed by atoms with van der Waals surface area (Å²) in [6.07, 6.45) is 0.784. The second kappa shape index (κ2) is 11.2. The largest absolute Gasteiger partial charge is 0.461 e. The van der Waals surface area contributed by atoms with E-state index in [-0.39, 0.29) is 24.9 Å². The summed E-state index contributed by atoms with van der Waals surface area (Å²) in [6, 6.07) is 26.2. The first kappa shape index (κ1) is 21.6. The molecule has 0 N–H and O–H groups in total. The molecule has 0 aliphatic rings. The Labute approximate surface area is 182 Å². The van der Waals surface area contributed by atoms with Crippen molar-refractivity contribution < 1.29 is 14.3 Å². The molecule has 1 amide bonds.